The third-order valence-electron chi connectivity index (χ3n) is 1.63. The molecule has 12 heavy (non-hydrogen) atoms. The largest absolute Gasteiger partial charge is 0.367 e. The summed E-state index contributed by atoms with van der Waals surface area (Å²) < 4.78 is 0. The van der Waals surface area contributed by atoms with Crippen LogP contribution in [0, 0.1) is 0 Å². The van der Waals surface area contributed by atoms with Gasteiger partial charge in [-0.2, -0.15) is 0 Å². The van der Waals surface area contributed by atoms with E-state index in [1.807, 2.05) is 6.07 Å². The molecule has 0 bridgehead atoms. The maximum Gasteiger partial charge on any atom is 0.311 e. The molecule has 0 aliphatic carbocycles. The Morgan fingerprint density at radius 1 is 1.42 bits per heavy atom. The van der Waals surface area contributed by atoms with Gasteiger partial charge in [-0.25, -0.2) is 0 Å². The molecule has 1 amide bonds. The lowest BCUT2D eigenvalue weighted by molar-refractivity contribution is 0.0403. The molecule has 0 saturated heterocycles. The molecule has 1 aromatic carbocycles. The van der Waals surface area contributed by atoms with Gasteiger partial charge in [-0.1, -0.05) is 30.3 Å². The summed E-state index contributed by atoms with van der Waals surface area (Å²) in [6, 6.07) is 8.87. The zero-order valence-electron chi connectivity index (χ0n) is 6.74. The summed E-state index contributed by atoms with van der Waals surface area (Å²) in [6.07, 6.45) is 1.46. The highest BCUT2D eigenvalue weighted by Crippen LogP contribution is 2.15. The Morgan fingerprint density at radius 2 is 2.00 bits per heavy atom. The Bertz CT molecular complexity index is 256. The first-order valence-electron chi connectivity index (χ1n) is 3.59. The smallest absolute Gasteiger partial charge is 0.311 e. The fourth-order valence-electron chi connectivity index (χ4n) is 0.934. The molecule has 0 aliphatic heterocycles. The maximum atomic E-state index is 10.00. The van der Waals surface area contributed by atoms with Crippen LogP contribution in [0.25, 0.3) is 0 Å². The lowest BCUT2D eigenvalue weighted by atomic mass is 10.1. The summed E-state index contributed by atoms with van der Waals surface area (Å²) in [4.78, 5) is 10.00. The first-order valence-corrected chi connectivity index (χ1v) is 3.59. The van der Waals surface area contributed by atoms with Crippen LogP contribution in [0.2, 0.25) is 0 Å². The van der Waals surface area contributed by atoms with Crippen LogP contribution < -0.4 is 5.32 Å². The van der Waals surface area contributed by atoms with Gasteiger partial charge in [0.05, 0.1) is 0 Å². The Labute approximate surface area is 71.0 Å². The molecular formula is C9H10NO2. The van der Waals surface area contributed by atoms with Gasteiger partial charge >= 0.3 is 6.41 Å². The van der Waals surface area contributed by atoms with Crippen LogP contribution in [0.15, 0.2) is 30.3 Å². The van der Waals surface area contributed by atoms with E-state index in [0.717, 1.165) is 0 Å². The minimum absolute atomic E-state index is 0.633. The molecule has 63 valence electrons. The van der Waals surface area contributed by atoms with Gasteiger partial charge in [0.1, 0.15) is 0 Å². The number of aliphatic hydroxyl groups is 1. The number of hydrogen-bond donors (Lipinski definition) is 2. The van der Waals surface area contributed by atoms with Gasteiger partial charge in [-0.3, -0.25) is 4.79 Å². The second-order valence-corrected chi connectivity index (χ2v) is 2.67. The molecule has 0 heterocycles. The summed E-state index contributed by atoms with van der Waals surface area (Å²) in [5.41, 5.74) is -0.698. The van der Waals surface area contributed by atoms with Gasteiger partial charge in [-0.05, 0) is 6.92 Å². The molecule has 2 N–H and O–H groups in total. The highest BCUT2D eigenvalue weighted by molar-refractivity contribution is 5.49. The first-order chi connectivity index (χ1) is 5.67. The van der Waals surface area contributed by atoms with Crippen LogP contribution in [0.1, 0.15) is 12.5 Å². The van der Waals surface area contributed by atoms with Crippen molar-refractivity contribution in [3.05, 3.63) is 35.9 Å². The van der Waals surface area contributed by atoms with Gasteiger partial charge in [0.15, 0.2) is 5.72 Å². The quantitative estimate of drug-likeness (QED) is 0.505. The highest BCUT2D eigenvalue weighted by Gasteiger charge is 2.20. The monoisotopic (exact) mass is 164 g/mol. The molecule has 0 saturated carbocycles. The van der Waals surface area contributed by atoms with Crippen molar-refractivity contribution in [2.45, 2.75) is 12.6 Å². The minimum atomic E-state index is -1.33. The lowest BCUT2D eigenvalue weighted by Gasteiger charge is -2.21. The van der Waals surface area contributed by atoms with E-state index in [9.17, 15) is 9.90 Å². The molecule has 1 aromatic rings. The molecular weight excluding hydrogens is 154 g/mol. The zero-order chi connectivity index (χ0) is 9.03. The predicted octanol–water partition coefficient (Wildman–Crippen LogP) is 0.508. The van der Waals surface area contributed by atoms with Gasteiger partial charge in [-0.15, -0.1) is 0 Å². The van der Waals surface area contributed by atoms with Crippen LogP contribution >= 0.6 is 0 Å². The summed E-state index contributed by atoms with van der Waals surface area (Å²) in [5, 5.41) is 11.8. The molecule has 0 fully saturated rings. The lowest BCUT2D eigenvalue weighted by Crippen LogP contribution is -2.38. The SMILES string of the molecule is CC(O)(N[C]=O)c1ccccc1. The van der Waals surface area contributed by atoms with Gasteiger partial charge in [0, 0.05) is 5.56 Å². The van der Waals surface area contributed by atoms with Crippen LogP contribution in [-0.2, 0) is 10.5 Å². The molecule has 3 heteroatoms. The molecule has 0 aromatic heterocycles. The van der Waals surface area contributed by atoms with Gasteiger partial charge in [0.2, 0.25) is 0 Å². The number of nitrogens with one attached hydrogen (secondary N) is 1. The molecule has 1 unspecified atom stereocenters. The number of carbonyl (C=O) groups excluding carboxylic acids is 1. The summed E-state index contributed by atoms with van der Waals surface area (Å²) in [5.74, 6) is 0. The van der Waals surface area contributed by atoms with E-state index in [-0.39, 0.29) is 0 Å². The molecule has 3 nitrogen and oxygen atoms in total. The zero-order valence-corrected chi connectivity index (χ0v) is 6.74. The van der Waals surface area contributed by atoms with Crippen molar-refractivity contribution in [2.24, 2.45) is 0 Å². The molecule has 1 atom stereocenters. The van der Waals surface area contributed by atoms with Crippen molar-refractivity contribution in [2.75, 3.05) is 0 Å². The topological polar surface area (TPSA) is 49.3 Å². The van der Waals surface area contributed by atoms with Crippen molar-refractivity contribution < 1.29 is 9.90 Å². The Kier molecular flexibility index (Phi) is 2.45. The Hall–Kier alpha value is -1.35. The van der Waals surface area contributed by atoms with E-state index in [0.29, 0.717) is 5.56 Å². The minimum Gasteiger partial charge on any atom is -0.367 e. The average Bonchev–Trinajstić information content (AvgIpc) is 2.06. The number of amides is 1. The molecule has 0 aliphatic rings. The predicted molar refractivity (Wildman–Crippen MR) is 44.8 cm³/mol. The summed E-state index contributed by atoms with van der Waals surface area (Å²) in [7, 11) is 0. The molecule has 0 spiro atoms. The first kappa shape index (κ1) is 8.74. The van der Waals surface area contributed by atoms with Gasteiger partial charge in [0.25, 0.3) is 0 Å². The van der Waals surface area contributed by atoms with Crippen molar-refractivity contribution in [1.82, 2.24) is 5.32 Å². The fraction of sp³-hybridized carbons (Fsp3) is 0.222. The maximum absolute atomic E-state index is 10.00. The van der Waals surface area contributed by atoms with Crippen LogP contribution in [0.4, 0.5) is 0 Å². The van der Waals surface area contributed by atoms with E-state index in [1.54, 1.807) is 24.3 Å². The second-order valence-electron chi connectivity index (χ2n) is 2.67. The van der Waals surface area contributed by atoms with E-state index >= 15 is 0 Å². The van der Waals surface area contributed by atoms with E-state index < -0.39 is 5.72 Å². The highest BCUT2D eigenvalue weighted by atomic mass is 16.3. The second kappa shape index (κ2) is 3.36. The number of benzene rings is 1. The molecule has 1 radical (unpaired) electrons. The average molecular weight is 164 g/mol. The number of rotatable bonds is 3. The summed E-state index contributed by atoms with van der Waals surface area (Å²) in [6.45, 7) is 1.49. The normalized spacial score (nSPS) is 14.8. The summed E-state index contributed by atoms with van der Waals surface area (Å²) >= 11 is 0. The molecule has 1 rings (SSSR count). The van der Waals surface area contributed by atoms with Crippen molar-refractivity contribution in [3.8, 4) is 0 Å². The van der Waals surface area contributed by atoms with Crippen molar-refractivity contribution in [3.63, 3.8) is 0 Å². The third kappa shape index (κ3) is 1.83. The third-order valence-corrected chi connectivity index (χ3v) is 1.63. The van der Waals surface area contributed by atoms with E-state index in [2.05, 4.69) is 5.32 Å². The Morgan fingerprint density at radius 3 is 2.50 bits per heavy atom. The van der Waals surface area contributed by atoms with Crippen LogP contribution in [0.3, 0.4) is 0 Å². The number of hydrogen-bond acceptors (Lipinski definition) is 2. The fourth-order valence-corrected chi connectivity index (χ4v) is 0.934. The standard InChI is InChI=1S/C9H10NO2/c1-9(12,10-7-11)8-5-3-2-4-6-8/h2-6,12H,1H3,(H,10,11). The van der Waals surface area contributed by atoms with Gasteiger partial charge < -0.3 is 10.4 Å². The van der Waals surface area contributed by atoms with E-state index in [1.165, 1.54) is 13.3 Å². The van der Waals surface area contributed by atoms with Crippen molar-refractivity contribution in [1.29, 1.82) is 0 Å². The Balaban J connectivity index is 2.89. The van der Waals surface area contributed by atoms with Crippen LogP contribution in [-0.4, -0.2) is 11.5 Å². The van der Waals surface area contributed by atoms with Crippen LogP contribution in [0.5, 0.6) is 0 Å². The van der Waals surface area contributed by atoms with E-state index in [4.69, 9.17) is 0 Å². The van der Waals surface area contributed by atoms with Crippen molar-refractivity contribution >= 4 is 6.41 Å².